The van der Waals surface area contributed by atoms with Crippen molar-refractivity contribution in [1.82, 2.24) is 10.1 Å². The Labute approximate surface area is 187 Å². The van der Waals surface area contributed by atoms with Gasteiger partial charge in [0.2, 0.25) is 5.91 Å². The second-order valence-corrected chi connectivity index (χ2v) is 9.86. The Morgan fingerprint density at radius 3 is 2.19 bits per heavy atom. The number of oxazole rings is 1. The lowest BCUT2D eigenvalue weighted by Crippen LogP contribution is -2.20. The standard InChI is InChI=1S/C24H30N4O4/c1-14-25-20(21(31-14)24(5,6)7)22(30)26-16-10-8-15(9-11-16)12-19(29)27-18-13-17(32-28-18)23(2,3)4/h8-11,13H,12H2,1-7H3,(H,26,30)(H,27,28,29). The quantitative estimate of drug-likeness (QED) is 0.580. The molecule has 0 aliphatic heterocycles. The number of benzene rings is 1. The Hall–Kier alpha value is -3.42. The summed E-state index contributed by atoms with van der Waals surface area (Å²) in [6.07, 6.45) is 0.169. The van der Waals surface area contributed by atoms with E-state index in [1.54, 1.807) is 37.3 Å². The summed E-state index contributed by atoms with van der Waals surface area (Å²) in [7, 11) is 0. The molecule has 0 aliphatic rings. The van der Waals surface area contributed by atoms with Crippen LogP contribution >= 0.6 is 0 Å². The first-order valence-corrected chi connectivity index (χ1v) is 10.5. The van der Waals surface area contributed by atoms with Gasteiger partial charge in [0, 0.05) is 29.5 Å². The number of nitrogens with one attached hydrogen (secondary N) is 2. The summed E-state index contributed by atoms with van der Waals surface area (Å²) < 4.78 is 10.9. The zero-order valence-corrected chi connectivity index (χ0v) is 19.6. The second kappa shape index (κ2) is 8.61. The van der Waals surface area contributed by atoms with E-state index in [1.807, 2.05) is 41.5 Å². The lowest BCUT2D eigenvalue weighted by molar-refractivity contribution is -0.115. The van der Waals surface area contributed by atoms with E-state index >= 15 is 0 Å². The fourth-order valence-electron chi connectivity index (χ4n) is 3.05. The molecule has 170 valence electrons. The highest BCUT2D eigenvalue weighted by Crippen LogP contribution is 2.27. The molecule has 0 bridgehead atoms. The van der Waals surface area contributed by atoms with Crippen LogP contribution in [0.2, 0.25) is 0 Å². The third-order valence-corrected chi connectivity index (χ3v) is 4.72. The van der Waals surface area contributed by atoms with Crippen molar-refractivity contribution in [1.29, 1.82) is 0 Å². The number of carbonyl (C=O) groups excluding carboxylic acids is 2. The van der Waals surface area contributed by atoms with E-state index in [0.717, 1.165) is 5.56 Å². The van der Waals surface area contributed by atoms with E-state index in [2.05, 4.69) is 20.8 Å². The van der Waals surface area contributed by atoms with E-state index in [4.69, 9.17) is 8.94 Å². The maximum atomic E-state index is 12.7. The van der Waals surface area contributed by atoms with Gasteiger partial charge in [0.05, 0.1) is 6.42 Å². The van der Waals surface area contributed by atoms with Gasteiger partial charge in [-0.1, -0.05) is 58.8 Å². The van der Waals surface area contributed by atoms with Crippen LogP contribution in [0.4, 0.5) is 11.5 Å². The summed E-state index contributed by atoms with van der Waals surface area (Å²) in [5.41, 5.74) is 1.15. The SMILES string of the molecule is Cc1nc(C(=O)Nc2ccc(CC(=O)Nc3cc(C(C)(C)C)on3)cc2)c(C(C)(C)C)o1. The van der Waals surface area contributed by atoms with Crippen LogP contribution in [0.3, 0.4) is 0 Å². The van der Waals surface area contributed by atoms with Crippen molar-refractivity contribution in [3.05, 3.63) is 59.0 Å². The number of rotatable bonds is 5. The molecule has 8 heteroatoms. The predicted molar refractivity (Wildman–Crippen MR) is 122 cm³/mol. The molecule has 2 amide bonds. The molecule has 3 rings (SSSR count). The monoisotopic (exact) mass is 438 g/mol. The van der Waals surface area contributed by atoms with Gasteiger partial charge in [0.25, 0.3) is 5.91 Å². The Kier molecular flexibility index (Phi) is 6.25. The molecule has 3 aromatic rings. The predicted octanol–water partition coefficient (Wildman–Crippen LogP) is 5.00. The highest BCUT2D eigenvalue weighted by molar-refractivity contribution is 6.03. The largest absolute Gasteiger partial charge is 0.445 e. The molecule has 0 saturated heterocycles. The van der Waals surface area contributed by atoms with Crippen molar-refractivity contribution >= 4 is 23.3 Å². The van der Waals surface area contributed by atoms with Crippen molar-refractivity contribution in [3.8, 4) is 0 Å². The van der Waals surface area contributed by atoms with Crippen LogP contribution in [0.1, 0.15) is 75.0 Å². The summed E-state index contributed by atoms with van der Waals surface area (Å²) >= 11 is 0. The van der Waals surface area contributed by atoms with Crippen molar-refractivity contribution in [3.63, 3.8) is 0 Å². The number of aromatic nitrogens is 2. The van der Waals surface area contributed by atoms with E-state index in [-0.39, 0.29) is 34.8 Å². The highest BCUT2D eigenvalue weighted by Gasteiger charge is 2.28. The van der Waals surface area contributed by atoms with Crippen molar-refractivity contribution < 1.29 is 18.5 Å². The molecule has 2 N–H and O–H groups in total. The van der Waals surface area contributed by atoms with Crippen LogP contribution in [0.25, 0.3) is 0 Å². The van der Waals surface area contributed by atoms with Crippen molar-refractivity contribution in [2.75, 3.05) is 10.6 Å². The molecule has 2 heterocycles. The second-order valence-electron chi connectivity index (χ2n) is 9.86. The number of hydrogen-bond donors (Lipinski definition) is 2. The third-order valence-electron chi connectivity index (χ3n) is 4.72. The molecule has 0 spiro atoms. The van der Waals surface area contributed by atoms with Gasteiger partial charge < -0.3 is 19.6 Å². The van der Waals surface area contributed by atoms with Gasteiger partial charge in [-0.05, 0) is 17.7 Å². The van der Waals surface area contributed by atoms with Crippen molar-refractivity contribution in [2.45, 2.75) is 65.7 Å². The van der Waals surface area contributed by atoms with Crippen LogP contribution < -0.4 is 10.6 Å². The van der Waals surface area contributed by atoms with Gasteiger partial charge in [-0.3, -0.25) is 9.59 Å². The number of amides is 2. The maximum Gasteiger partial charge on any atom is 0.277 e. The van der Waals surface area contributed by atoms with Gasteiger partial charge in [-0.25, -0.2) is 4.98 Å². The van der Waals surface area contributed by atoms with Gasteiger partial charge >= 0.3 is 0 Å². The Balaban J connectivity index is 1.61. The summed E-state index contributed by atoms with van der Waals surface area (Å²) in [6.45, 7) is 13.6. The summed E-state index contributed by atoms with van der Waals surface area (Å²) in [5.74, 6) is 1.54. The minimum absolute atomic E-state index is 0.169. The van der Waals surface area contributed by atoms with Crippen LogP contribution in [0.15, 0.2) is 39.3 Å². The van der Waals surface area contributed by atoms with E-state index in [0.29, 0.717) is 28.9 Å². The number of aryl methyl sites for hydroxylation is 1. The number of carbonyl (C=O) groups is 2. The fourth-order valence-corrected chi connectivity index (χ4v) is 3.05. The number of anilines is 2. The first kappa shape index (κ1) is 23.2. The molecule has 0 atom stereocenters. The Morgan fingerprint density at radius 2 is 1.62 bits per heavy atom. The lowest BCUT2D eigenvalue weighted by atomic mass is 9.91. The smallest absolute Gasteiger partial charge is 0.277 e. The molecule has 1 aromatic carbocycles. The van der Waals surface area contributed by atoms with E-state index in [1.165, 1.54) is 0 Å². The summed E-state index contributed by atoms with van der Waals surface area (Å²) in [5, 5.41) is 9.48. The van der Waals surface area contributed by atoms with Gasteiger partial charge in [-0.15, -0.1) is 0 Å². The molecular formula is C24H30N4O4. The average molecular weight is 439 g/mol. The van der Waals surface area contributed by atoms with Crippen LogP contribution in [0.5, 0.6) is 0 Å². The molecule has 0 unspecified atom stereocenters. The van der Waals surface area contributed by atoms with Crippen LogP contribution in [0, 0.1) is 6.92 Å². The first-order chi connectivity index (χ1) is 14.8. The average Bonchev–Trinajstić information content (AvgIpc) is 3.29. The Bertz CT molecular complexity index is 1110. The molecule has 0 radical (unpaired) electrons. The summed E-state index contributed by atoms with van der Waals surface area (Å²) in [6, 6.07) is 8.80. The van der Waals surface area contributed by atoms with Gasteiger partial charge in [0.15, 0.2) is 17.4 Å². The zero-order chi connectivity index (χ0) is 23.7. The van der Waals surface area contributed by atoms with E-state index in [9.17, 15) is 9.59 Å². The third kappa shape index (κ3) is 5.63. The van der Waals surface area contributed by atoms with Crippen molar-refractivity contribution in [2.24, 2.45) is 0 Å². The fraction of sp³-hybridized carbons (Fsp3) is 0.417. The minimum atomic E-state index is -0.345. The molecular weight excluding hydrogens is 408 g/mol. The van der Waals surface area contributed by atoms with Gasteiger partial charge in [-0.2, -0.15) is 0 Å². The number of hydrogen-bond acceptors (Lipinski definition) is 6. The molecule has 0 fully saturated rings. The Morgan fingerprint density at radius 1 is 0.969 bits per heavy atom. The van der Waals surface area contributed by atoms with Crippen LogP contribution in [-0.2, 0) is 22.0 Å². The lowest BCUT2D eigenvalue weighted by Gasteiger charge is -2.16. The normalized spacial score (nSPS) is 12.0. The maximum absolute atomic E-state index is 12.7. The first-order valence-electron chi connectivity index (χ1n) is 10.5. The summed E-state index contributed by atoms with van der Waals surface area (Å²) in [4.78, 5) is 29.3. The number of nitrogens with zero attached hydrogens (tertiary/aromatic N) is 2. The molecule has 8 nitrogen and oxygen atoms in total. The van der Waals surface area contributed by atoms with E-state index < -0.39 is 0 Å². The molecule has 0 aliphatic carbocycles. The topological polar surface area (TPSA) is 110 Å². The highest BCUT2D eigenvalue weighted by atomic mass is 16.5. The zero-order valence-electron chi connectivity index (χ0n) is 19.6. The van der Waals surface area contributed by atoms with Gasteiger partial charge in [0.1, 0.15) is 11.5 Å². The molecule has 2 aromatic heterocycles. The van der Waals surface area contributed by atoms with Crippen LogP contribution in [-0.4, -0.2) is 22.0 Å². The minimum Gasteiger partial charge on any atom is -0.445 e. The molecule has 32 heavy (non-hydrogen) atoms. The molecule has 0 saturated carbocycles.